The van der Waals surface area contributed by atoms with E-state index in [9.17, 15) is 0 Å². The van der Waals surface area contributed by atoms with Gasteiger partial charge in [-0.25, -0.2) is 4.68 Å². The lowest BCUT2D eigenvalue weighted by atomic mass is 10.3. The fourth-order valence-corrected chi connectivity index (χ4v) is 3.20. The van der Waals surface area contributed by atoms with E-state index in [1.54, 1.807) is 25.5 Å². The Morgan fingerprint density at radius 3 is 2.73 bits per heavy atom. The van der Waals surface area contributed by atoms with E-state index < -0.39 is 0 Å². The van der Waals surface area contributed by atoms with Gasteiger partial charge in [-0.1, -0.05) is 6.07 Å². The Hall–Kier alpha value is -2.80. The van der Waals surface area contributed by atoms with Crippen molar-refractivity contribution in [1.82, 2.24) is 20.4 Å². The zero-order valence-corrected chi connectivity index (χ0v) is 15.8. The van der Waals surface area contributed by atoms with Crippen molar-refractivity contribution in [2.24, 2.45) is 4.99 Å². The van der Waals surface area contributed by atoms with Crippen molar-refractivity contribution in [2.75, 3.05) is 20.7 Å². The number of methoxy groups -OCH3 is 1. The number of thiophene rings is 1. The first-order valence-corrected chi connectivity index (χ1v) is 9.32. The van der Waals surface area contributed by atoms with Crippen LogP contribution >= 0.6 is 11.3 Å². The van der Waals surface area contributed by atoms with Gasteiger partial charge in [0.1, 0.15) is 5.75 Å². The molecule has 0 fully saturated rings. The molecule has 2 N–H and O–H groups in total. The number of benzene rings is 1. The summed E-state index contributed by atoms with van der Waals surface area (Å²) in [6.45, 7) is 1.46. The molecule has 26 heavy (non-hydrogen) atoms. The Kier molecular flexibility index (Phi) is 6.27. The molecule has 2 heterocycles. The molecule has 3 rings (SSSR count). The molecule has 0 saturated carbocycles. The van der Waals surface area contributed by atoms with Gasteiger partial charge in [0.2, 0.25) is 0 Å². The van der Waals surface area contributed by atoms with E-state index in [0.29, 0.717) is 6.54 Å². The Bertz CT molecular complexity index is 824. The van der Waals surface area contributed by atoms with Gasteiger partial charge in [0, 0.05) is 24.7 Å². The van der Waals surface area contributed by atoms with Gasteiger partial charge in [0.25, 0.3) is 0 Å². The van der Waals surface area contributed by atoms with Crippen LogP contribution in [-0.4, -0.2) is 36.4 Å². The maximum absolute atomic E-state index is 5.18. The highest BCUT2D eigenvalue weighted by Crippen LogP contribution is 2.14. The Labute approximate surface area is 157 Å². The lowest BCUT2D eigenvalue weighted by Gasteiger charge is -2.10. The monoisotopic (exact) mass is 369 g/mol. The van der Waals surface area contributed by atoms with Crippen LogP contribution in [0.5, 0.6) is 5.75 Å². The predicted octanol–water partition coefficient (Wildman–Crippen LogP) is 2.85. The number of guanidine groups is 1. The van der Waals surface area contributed by atoms with Crippen molar-refractivity contribution < 1.29 is 4.74 Å². The zero-order valence-electron chi connectivity index (χ0n) is 15.0. The average molecular weight is 369 g/mol. The van der Waals surface area contributed by atoms with Crippen LogP contribution in [0.3, 0.4) is 0 Å². The molecule has 0 aliphatic carbocycles. The number of aliphatic imine (C=N–C) groups is 1. The molecule has 0 atom stereocenters. The standard InChI is InChI=1S/C19H23N5OS/c1-20-19(21-11-9-18-4-3-13-26-18)22-14-15-10-12-24(23-15)16-5-7-17(25-2)8-6-16/h3-8,10,12-13H,9,11,14H2,1-2H3,(H2,20,21,22). The number of ether oxygens (including phenoxy) is 1. The molecule has 2 aromatic heterocycles. The molecule has 0 radical (unpaired) electrons. The third-order valence-electron chi connectivity index (χ3n) is 3.89. The first kappa shape index (κ1) is 18.0. The largest absolute Gasteiger partial charge is 0.497 e. The van der Waals surface area contributed by atoms with E-state index in [1.165, 1.54) is 4.88 Å². The number of rotatable bonds is 7. The van der Waals surface area contributed by atoms with E-state index in [4.69, 9.17) is 4.74 Å². The smallest absolute Gasteiger partial charge is 0.191 e. The topological polar surface area (TPSA) is 63.5 Å². The molecule has 0 amide bonds. The molecule has 0 aliphatic rings. The highest BCUT2D eigenvalue weighted by Gasteiger charge is 2.04. The van der Waals surface area contributed by atoms with Crippen LogP contribution in [0.4, 0.5) is 0 Å². The summed E-state index contributed by atoms with van der Waals surface area (Å²) in [5.41, 5.74) is 1.94. The number of nitrogens with zero attached hydrogens (tertiary/aromatic N) is 3. The van der Waals surface area contributed by atoms with Crippen LogP contribution in [0.25, 0.3) is 5.69 Å². The van der Waals surface area contributed by atoms with Crippen molar-refractivity contribution >= 4 is 17.3 Å². The normalized spacial score (nSPS) is 11.4. The van der Waals surface area contributed by atoms with Crippen LogP contribution in [-0.2, 0) is 13.0 Å². The summed E-state index contributed by atoms with van der Waals surface area (Å²) in [5, 5.41) is 13.3. The highest BCUT2D eigenvalue weighted by atomic mass is 32.1. The summed E-state index contributed by atoms with van der Waals surface area (Å²) in [7, 11) is 3.43. The number of aromatic nitrogens is 2. The van der Waals surface area contributed by atoms with Gasteiger partial charge in [0.15, 0.2) is 5.96 Å². The molecular formula is C19H23N5OS. The molecule has 0 bridgehead atoms. The Balaban J connectivity index is 1.49. The third-order valence-corrected chi connectivity index (χ3v) is 4.82. The van der Waals surface area contributed by atoms with Crippen LogP contribution in [0.15, 0.2) is 59.0 Å². The molecule has 1 aromatic carbocycles. The van der Waals surface area contributed by atoms with Crippen molar-refractivity contribution in [3.05, 3.63) is 64.6 Å². The predicted molar refractivity (Wildman–Crippen MR) is 106 cm³/mol. The number of hydrogen-bond acceptors (Lipinski definition) is 4. The summed E-state index contributed by atoms with van der Waals surface area (Å²) >= 11 is 1.77. The lowest BCUT2D eigenvalue weighted by molar-refractivity contribution is 0.414. The van der Waals surface area contributed by atoms with Gasteiger partial charge in [-0.15, -0.1) is 11.3 Å². The summed E-state index contributed by atoms with van der Waals surface area (Å²) in [6, 6.07) is 14.0. The maximum atomic E-state index is 5.18. The van der Waals surface area contributed by atoms with E-state index in [2.05, 4.69) is 38.2 Å². The Morgan fingerprint density at radius 2 is 2.04 bits per heavy atom. The first-order chi connectivity index (χ1) is 12.8. The van der Waals surface area contributed by atoms with Gasteiger partial charge in [0.05, 0.1) is 25.0 Å². The summed E-state index contributed by atoms with van der Waals surface area (Å²) in [5.74, 6) is 1.61. The van der Waals surface area contributed by atoms with E-state index >= 15 is 0 Å². The van der Waals surface area contributed by atoms with Crippen LogP contribution < -0.4 is 15.4 Å². The van der Waals surface area contributed by atoms with Gasteiger partial charge in [-0.3, -0.25) is 4.99 Å². The quantitative estimate of drug-likeness (QED) is 0.497. The van der Waals surface area contributed by atoms with Crippen LogP contribution in [0.1, 0.15) is 10.6 Å². The first-order valence-electron chi connectivity index (χ1n) is 8.44. The summed E-state index contributed by atoms with van der Waals surface area (Å²) in [4.78, 5) is 5.62. The van der Waals surface area contributed by atoms with Gasteiger partial charge in [-0.05, 0) is 48.2 Å². The minimum absolute atomic E-state index is 0.613. The second-order valence-corrected chi connectivity index (χ2v) is 6.66. The minimum atomic E-state index is 0.613. The molecular weight excluding hydrogens is 346 g/mol. The van der Waals surface area contributed by atoms with E-state index in [-0.39, 0.29) is 0 Å². The Morgan fingerprint density at radius 1 is 1.19 bits per heavy atom. The third kappa shape index (κ3) is 4.86. The molecule has 6 nitrogen and oxygen atoms in total. The highest BCUT2D eigenvalue weighted by molar-refractivity contribution is 7.09. The summed E-state index contributed by atoms with van der Waals surface area (Å²) < 4.78 is 7.03. The molecule has 0 aliphatic heterocycles. The number of hydrogen-bond donors (Lipinski definition) is 2. The molecule has 3 aromatic rings. The minimum Gasteiger partial charge on any atom is -0.497 e. The molecule has 0 unspecified atom stereocenters. The number of nitrogens with one attached hydrogen (secondary N) is 2. The van der Waals surface area contributed by atoms with Gasteiger partial charge in [-0.2, -0.15) is 5.10 Å². The zero-order chi connectivity index (χ0) is 18.2. The second kappa shape index (κ2) is 9.05. The SMILES string of the molecule is CN=C(NCCc1cccs1)NCc1ccn(-c2ccc(OC)cc2)n1. The second-order valence-electron chi connectivity index (χ2n) is 5.63. The lowest BCUT2D eigenvalue weighted by Crippen LogP contribution is -2.37. The summed E-state index contributed by atoms with van der Waals surface area (Å²) in [6.07, 6.45) is 2.94. The van der Waals surface area contributed by atoms with Crippen molar-refractivity contribution in [1.29, 1.82) is 0 Å². The van der Waals surface area contributed by atoms with Gasteiger partial charge < -0.3 is 15.4 Å². The maximum Gasteiger partial charge on any atom is 0.191 e. The fraction of sp³-hybridized carbons (Fsp3) is 0.263. The molecule has 7 heteroatoms. The van der Waals surface area contributed by atoms with E-state index in [1.807, 2.05) is 41.2 Å². The van der Waals surface area contributed by atoms with Crippen LogP contribution in [0.2, 0.25) is 0 Å². The van der Waals surface area contributed by atoms with Crippen LogP contribution in [0, 0.1) is 0 Å². The van der Waals surface area contributed by atoms with Crippen molar-refractivity contribution in [3.8, 4) is 11.4 Å². The molecule has 136 valence electrons. The van der Waals surface area contributed by atoms with Crippen molar-refractivity contribution in [2.45, 2.75) is 13.0 Å². The van der Waals surface area contributed by atoms with Crippen molar-refractivity contribution in [3.63, 3.8) is 0 Å². The van der Waals surface area contributed by atoms with Gasteiger partial charge >= 0.3 is 0 Å². The average Bonchev–Trinajstić information content (AvgIpc) is 3.36. The molecule has 0 spiro atoms. The fourth-order valence-electron chi connectivity index (χ4n) is 2.49. The van der Waals surface area contributed by atoms with E-state index in [0.717, 1.165) is 36.1 Å². The molecule has 0 saturated heterocycles.